The molecule has 0 aromatic rings. The molecular formula is C11H18N2O4. The maximum absolute atomic E-state index is 11.5. The van der Waals surface area contributed by atoms with Crippen LogP contribution in [0.4, 0.5) is 0 Å². The number of aliphatic carboxylic acids is 1. The van der Waals surface area contributed by atoms with Gasteiger partial charge in [0.1, 0.15) is 0 Å². The van der Waals surface area contributed by atoms with Crippen LogP contribution in [0.1, 0.15) is 32.6 Å². The Hall–Kier alpha value is -1.59. The third-order valence-corrected chi connectivity index (χ3v) is 2.69. The standard InChI is InChI=1S/C11H18N2O4/c1-7(5-11(16)17)4-10(15)12-6-8-2-3-9(14)13-8/h7-8H,2-6H2,1H3,(H,12,15)(H,13,14)(H,16,17). The molecule has 96 valence electrons. The Morgan fingerprint density at radius 1 is 1.53 bits per heavy atom. The van der Waals surface area contributed by atoms with Crippen LogP contribution in [0, 0.1) is 5.92 Å². The molecular weight excluding hydrogens is 224 g/mol. The van der Waals surface area contributed by atoms with Gasteiger partial charge in [-0.15, -0.1) is 0 Å². The summed E-state index contributed by atoms with van der Waals surface area (Å²) < 4.78 is 0. The number of amides is 2. The Kier molecular flexibility index (Phi) is 4.93. The fourth-order valence-electron chi connectivity index (χ4n) is 1.83. The summed E-state index contributed by atoms with van der Waals surface area (Å²) >= 11 is 0. The first kappa shape index (κ1) is 13.5. The summed E-state index contributed by atoms with van der Waals surface area (Å²) in [7, 11) is 0. The first-order valence-electron chi connectivity index (χ1n) is 5.75. The molecule has 2 atom stereocenters. The number of hydrogen-bond acceptors (Lipinski definition) is 3. The van der Waals surface area contributed by atoms with Gasteiger partial charge in [0, 0.05) is 31.8 Å². The van der Waals surface area contributed by atoms with E-state index in [9.17, 15) is 14.4 Å². The van der Waals surface area contributed by atoms with Gasteiger partial charge in [-0.3, -0.25) is 14.4 Å². The summed E-state index contributed by atoms with van der Waals surface area (Å²) in [6, 6.07) is 0.0150. The quantitative estimate of drug-likeness (QED) is 0.605. The molecule has 0 aromatic heterocycles. The van der Waals surface area contributed by atoms with E-state index < -0.39 is 5.97 Å². The van der Waals surface area contributed by atoms with E-state index >= 15 is 0 Å². The minimum Gasteiger partial charge on any atom is -0.481 e. The van der Waals surface area contributed by atoms with Gasteiger partial charge in [0.15, 0.2) is 0 Å². The van der Waals surface area contributed by atoms with Gasteiger partial charge in [-0.2, -0.15) is 0 Å². The van der Waals surface area contributed by atoms with Gasteiger partial charge >= 0.3 is 5.97 Å². The van der Waals surface area contributed by atoms with Gasteiger partial charge in [0.25, 0.3) is 0 Å². The fraction of sp³-hybridized carbons (Fsp3) is 0.727. The Labute approximate surface area is 99.8 Å². The Morgan fingerprint density at radius 3 is 2.76 bits per heavy atom. The highest BCUT2D eigenvalue weighted by Crippen LogP contribution is 2.08. The van der Waals surface area contributed by atoms with Crippen molar-refractivity contribution in [3.63, 3.8) is 0 Å². The molecule has 1 aliphatic rings. The lowest BCUT2D eigenvalue weighted by Gasteiger charge is -2.13. The Balaban J connectivity index is 2.16. The highest BCUT2D eigenvalue weighted by atomic mass is 16.4. The average molecular weight is 242 g/mol. The second kappa shape index (κ2) is 6.22. The summed E-state index contributed by atoms with van der Waals surface area (Å²) in [5.74, 6) is -1.22. The lowest BCUT2D eigenvalue weighted by Crippen LogP contribution is -2.38. The molecule has 6 heteroatoms. The fourth-order valence-corrected chi connectivity index (χ4v) is 1.83. The van der Waals surface area contributed by atoms with E-state index in [0.29, 0.717) is 13.0 Å². The van der Waals surface area contributed by atoms with Crippen LogP contribution in [0.5, 0.6) is 0 Å². The van der Waals surface area contributed by atoms with E-state index in [1.165, 1.54) is 0 Å². The van der Waals surface area contributed by atoms with Crippen LogP contribution in [0.2, 0.25) is 0 Å². The van der Waals surface area contributed by atoms with Gasteiger partial charge in [-0.1, -0.05) is 6.92 Å². The third-order valence-electron chi connectivity index (χ3n) is 2.69. The summed E-state index contributed by atoms with van der Waals surface area (Å²) in [4.78, 5) is 32.8. The van der Waals surface area contributed by atoms with Gasteiger partial charge in [-0.05, 0) is 12.3 Å². The summed E-state index contributed by atoms with van der Waals surface area (Å²) in [5, 5.41) is 14.0. The van der Waals surface area contributed by atoms with Crippen molar-refractivity contribution in [1.29, 1.82) is 0 Å². The zero-order chi connectivity index (χ0) is 12.8. The topological polar surface area (TPSA) is 95.5 Å². The molecule has 1 saturated heterocycles. The molecule has 1 aliphatic heterocycles. The van der Waals surface area contributed by atoms with Crippen molar-refractivity contribution in [1.82, 2.24) is 10.6 Å². The summed E-state index contributed by atoms with van der Waals surface area (Å²) in [6.07, 6.45) is 1.44. The van der Waals surface area contributed by atoms with E-state index in [1.54, 1.807) is 6.92 Å². The molecule has 1 fully saturated rings. The third kappa shape index (κ3) is 5.33. The maximum Gasteiger partial charge on any atom is 0.303 e. The summed E-state index contributed by atoms with van der Waals surface area (Å²) in [6.45, 7) is 2.15. The molecule has 0 radical (unpaired) electrons. The number of nitrogens with one attached hydrogen (secondary N) is 2. The Morgan fingerprint density at radius 2 is 2.24 bits per heavy atom. The second-order valence-electron chi connectivity index (χ2n) is 4.51. The number of carboxylic acids is 1. The van der Waals surface area contributed by atoms with Crippen molar-refractivity contribution in [2.75, 3.05) is 6.54 Å². The molecule has 1 heterocycles. The van der Waals surface area contributed by atoms with Crippen LogP contribution in [-0.4, -0.2) is 35.5 Å². The molecule has 0 spiro atoms. The SMILES string of the molecule is CC(CC(=O)O)CC(=O)NCC1CCC(=O)N1. The van der Waals surface area contributed by atoms with Gasteiger partial charge < -0.3 is 15.7 Å². The van der Waals surface area contributed by atoms with Crippen molar-refractivity contribution in [2.45, 2.75) is 38.6 Å². The molecule has 3 N–H and O–H groups in total. The van der Waals surface area contributed by atoms with Gasteiger partial charge in [0.2, 0.25) is 11.8 Å². The van der Waals surface area contributed by atoms with Gasteiger partial charge in [0.05, 0.1) is 0 Å². The van der Waals surface area contributed by atoms with Crippen molar-refractivity contribution in [2.24, 2.45) is 5.92 Å². The van der Waals surface area contributed by atoms with E-state index in [0.717, 1.165) is 6.42 Å². The Bertz CT molecular complexity index is 317. The zero-order valence-electron chi connectivity index (χ0n) is 9.86. The van der Waals surface area contributed by atoms with Crippen molar-refractivity contribution in [3.05, 3.63) is 0 Å². The predicted molar refractivity (Wildman–Crippen MR) is 60.2 cm³/mol. The van der Waals surface area contributed by atoms with Crippen LogP contribution < -0.4 is 10.6 Å². The largest absolute Gasteiger partial charge is 0.481 e. The molecule has 2 unspecified atom stereocenters. The summed E-state index contributed by atoms with van der Waals surface area (Å²) in [5.41, 5.74) is 0. The minimum absolute atomic E-state index is 0.00636. The van der Waals surface area contributed by atoms with Crippen LogP contribution in [0.15, 0.2) is 0 Å². The number of carbonyl (C=O) groups is 3. The van der Waals surface area contributed by atoms with Crippen molar-refractivity contribution < 1.29 is 19.5 Å². The van der Waals surface area contributed by atoms with E-state index in [1.807, 2.05) is 0 Å². The van der Waals surface area contributed by atoms with Gasteiger partial charge in [-0.25, -0.2) is 0 Å². The van der Waals surface area contributed by atoms with Crippen LogP contribution in [0.3, 0.4) is 0 Å². The minimum atomic E-state index is -0.895. The normalized spacial score (nSPS) is 20.8. The molecule has 0 saturated carbocycles. The molecule has 0 aliphatic carbocycles. The zero-order valence-corrected chi connectivity index (χ0v) is 9.86. The van der Waals surface area contributed by atoms with E-state index in [-0.39, 0.29) is 36.6 Å². The second-order valence-corrected chi connectivity index (χ2v) is 4.51. The number of rotatable bonds is 6. The lowest BCUT2D eigenvalue weighted by molar-refractivity contribution is -0.138. The molecule has 0 aromatic carbocycles. The maximum atomic E-state index is 11.5. The number of carbonyl (C=O) groups excluding carboxylic acids is 2. The highest BCUT2D eigenvalue weighted by molar-refractivity contribution is 5.79. The smallest absolute Gasteiger partial charge is 0.303 e. The molecule has 0 bridgehead atoms. The molecule has 6 nitrogen and oxygen atoms in total. The number of carboxylic acid groups (broad SMARTS) is 1. The first-order chi connectivity index (χ1) is 7.97. The van der Waals surface area contributed by atoms with Crippen molar-refractivity contribution >= 4 is 17.8 Å². The van der Waals surface area contributed by atoms with Crippen LogP contribution in [-0.2, 0) is 14.4 Å². The van der Waals surface area contributed by atoms with Crippen LogP contribution >= 0.6 is 0 Å². The van der Waals surface area contributed by atoms with E-state index in [4.69, 9.17) is 5.11 Å². The predicted octanol–water partition coefficient (Wildman–Crippen LogP) is -0.118. The van der Waals surface area contributed by atoms with Crippen LogP contribution in [0.25, 0.3) is 0 Å². The molecule has 2 amide bonds. The highest BCUT2D eigenvalue weighted by Gasteiger charge is 2.21. The van der Waals surface area contributed by atoms with E-state index in [2.05, 4.69) is 10.6 Å². The average Bonchev–Trinajstić information content (AvgIpc) is 2.59. The number of hydrogen-bond donors (Lipinski definition) is 3. The monoisotopic (exact) mass is 242 g/mol. The first-order valence-corrected chi connectivity index (χ1v) is 5.75. The molecule has 1 rings (SSSR count). The van der Waals surface area contributed by atoms with Crippen molar-refractivity contribution in [3.8, 4) is 0 Å². The molecule has 17 heavy (non-hydrogen) atoms. The lowest BCUT2D eigenvalue weighted by atomic mass is 10.0.